The fourth-order valence-corrected chi connectivity index (χ4v) is 1.80. The van der Waals surface area contributed by atoms with Crippen LogP contribution in [0.25, 0.3) is 11.3 Å². The van der Waals surface area contributed by atoms with Gasteiger partial charge in [-0.15, -0.1) is 0 Å². The monoisotopic (exact) mass is 200 g/mol. The third-order valence-corrected chi connectivity index (χ3v) is 2.59. The molecule has 1 heteroatoms. The van der Waals surface area contributed by atoms with E-state index in [4.69, 9.17) is 4.42 Å². The maximum absolute atomic E-state index is 5.66. The first-order valence-electron chi connectivity index (χ1n) is 5.34. The largest absolute Gasteiger partial charge is 0.461 e. The summed E-state index contributed by atoms with van der Waals surface area (Å²) in [5.74, 6) is 2.45. The van der Waals surface area contributed by atoms with Gasteiger partial charge in [0.15, 0.2) is 0 Å². The number of hydrogen-bond acceptors (Lipinski definition) is 1. The highest BCUT2D eigenvalue weighted by atomic mass is 16.3. The molecule has 0 saturated heterocycles. The SMILES string of the molecule is Cc1ccc(-c2ccccc2C(C)C)o1. The van der Waals surface area contributed by atoms with Crippen LogP contribution in [0.4, 0.5) is 0 Å². The smallest absolute Gasteiger partial charge is 0.134 e. The van der Waals surface area contributed by atoms with E-state index in [9.17, 15) is 0 Å². The van der Waals surface area contributed by atoms with Crippen molar-refractivity contribution in [1.82, 2.24) is 0 Å². The van der Waals surface area contributed by atoms with Gasteiger partial charge in [-0.05, 0) is 30.5 Å². The lowest BCUT2D eigenvalue weighted by Gasteiger charge is -2.10. The van der Waals surface area contributed by atoms with E-state index < -0.39 is 0 Å². The normalized spacial score (nSPS) is 10.9. The van der Waals surface area contributed by atoms with Crippen molar-refractivity contribution in [3.63, 3.8) is 0 Å². The summed E-state index contributed by atoms with van der Waals surface area (Å²) in [5.41, 5.74) is 2.55. The second-order valence-electron chi connectivity index (χ2n) is 4.15. The maximum Gasteiger partial charge on any atom is 0.134 e. The van der Waals surface area contributed by atoms with E-state index in [-0.39, 0.29) is 0 Å². The van der Waals surface area contributed by atoms with Crippen molar-refractivity contribution >= 4 is 0 Å². The first-order valence-corrected chi connectivity index (χ1v) is 5.34. The molecule has 15 heavy (non-hydrogen) atoms. The van der Waals surface area contributed by atoms with Gasteiger partial charge in [-0.3, -0.25) is 0 Å². The molecular weight excluding hydrogens is 184 g/mol. The van der Waals surface area contributed by atoms with Gasteiger partial charge in [-0.1, -0.05) is 38.1 Å². The van der Waals surface area contributed by atoms with Crippen molar-refractivity contribution in [2.45, 2.75) is 26.7 Å². The molecule has 1 nitrogen and oxygen atoms in total. The Balaban J connectivity index is 2.52. The molecule has 78 valence electrons. The fourth-order valence-electron chi connectivity index (χ4n) is 1.80. The van der Waals surface area contributed by atoms with Gasteiger partial charge in [-0.25, -0.2) is 0 Å². The molecule has 0 aliphatic carbocycles. The number of benzene rings is 1. The Bertz CT molecular complexity index is 452. The van der Waals surface area contributed by atoms with E-state index in [1.807, 2.05) is 19.1 Å². The van der Waals surface area contributed by atoms with Gasteiger partial charge in [0.2, 0.25) is 0 Å². The number of aryl methyl sites for hydroxylation is 1. The molecular formula is C14H16O. The molecule has 0 N–H and O–H groups in total. The minimum absolute atomic E-state index is 0.520. The van der Waals surface area contributed by atoms with Crippen LogP contribution in [0, 0.1) is 6.92 Å². The van der Waals surface area contributed by atoms with Crippen LogP contribution >= 0.6 is 0 Å². The average Bonchev–Trinajstić information content (AvgIpc) is 2.65. The van der Waals surface area contributed by atoms with Gasteiger partial charge in [-0.2, -0.15) is 0 Å². The van der Waals surface area contributed by atoms with E-state index in [1.54, 1.807) is 0 Å². The van der Waals surface area contributed by atoms with Gasteiger partial charge >= 0.3 is 0 Å². The third kappa shape index (κ3) is 1.96. The van der Waals surface area contributed by atoms with Crippen molar-refractivity contribution in [3.05, 3.63) is 47.7 Å². The van der Waals surface area contributed by atoms with Crippen molar-refractivity contribution in [3.8, 4) is 11.3 Å². The molecule has 0 radical (unpaired) electrons. The lowest BCUT2D eigenvalue weighted by atomic mass is 9.96. The molecule has 0 saturated carbocycles. The van der Waals surface area contributed by atoms with Crippen LogP contribution in [0.1, 0.15) is 31.1 Å². The molecule has 2 rings (SSSR count). The van der Waals surface area contributed by atoms with Gasteiger partial charge in [0, 0.05) is 5.56 Å². The molecule has 1 aromatic carbocycles. The predicted octanol–water partition coefficient (Wildman–Crippen LogP) is 4.38. The minimum Gasteiger partial charge on any atom is -0.461 e. The topological polar surface area (TPSA) is 13.1 Å². The summed E-state index contributed by atoms with van der Waals surface area (Å²) in [4.78, 5) is 0. The molecule has 0 aliphatic heterocycles. The van der Waals surface area contributed by atoms with Crippen LogP contribution in [0.2, 0.25) is 0 Å². The summed E-state index contributed by atoms with van der Waals surface area (Å²) in [7, 11) is 0. The minimum atomic E-state index is 0.520. The van der Waals surface area contributed by atoms with E-state index in [0.717, 1.165) is 11.5 Å². The zero-order valence-corrected chi connectivity index (χ0v) is 9.45. The molecule has 0 amide bonds. The standard InChI is InChI=1S/C14H16O/c1-10(2)12-6-4-5-7-13(12)14-9-8-11(3)15-14/h4-10H,1-3H3. The highest BCUT2D eigenvalue weighted by Crippen LogP contribution is 2.29. The highest BCUT2D eigenvalue weighted by Gasteiger charge is 2.10. The van der Waals surface area contributed by atoms with E-state index in [1.165, 1.54) is 11.1 Å². The van der Waals surface area contributed by atoms with Crippen LogP contribution in [0.5, 0.6) is 0 Å². The Morgan fingerprint density at radius 3 is 2.33 bits per heavy atom. The first-order chi connectivity index (χ1) is 7.18. The highest BCUT2D eigenvalue weighted by molar-refractivity contribution is 5.63. The van der Waals surface area contributed by atoms with Gasteiger partial charge in [0.1, 0.15) is 11.5 Å². The van der Waals surface area contributed by atoms with Crippen LogP contribution in [0.15, 0.2) is 40.8 Å². The zero-order chi connectivity index (χ0) is 10.8. The van der Waals surface area contributed by atoms with Gasteiger partial charge in [0.05, 0.1) is 0 Å². The van der Waals surface area contributed by atoms with Gasteiger partial charge in [0.25, 0.3) is 0 Å². The Hall–Kier alpha value is -1.50. The molecule has 0 spiro atoms. The van der Waals surface area contributed by atoms with E-state index >= 15 is 0 Å². The van der Waals surface area contributed by atoms with Crippen LogP contribution in [-0.4, -0.2) is 0 Å². The lowest BCUT2D eigenvalue weighted by molar-refractivity contribution is 0.547. The number of furan rings is 1. The van der Waals surface area contributed by atoms with Crippen molar-refractivity contribution in [2.75, 3.05) is 0 Å². The van der Waals surface area contributed by atoms with Crippen LogP contribution < -0.4 is 0 Å². The fraction of sp³-hybridized carbons (Fsp3) is 0.286. The van der Waals surface area contributed by atoms with Crippen molar-refractivity contribution < 1.29 is 4.42 Å². The van der Waals surface area contributed by atoms with Crippen LogP contribution in [-0.2, 0) is 0 Å². The molecule has 0 fully saturated rings. The predicted molar refractivity (Wildman–Crippen MR) is 63.0 cm³/mol. The lowest BCUT2D eigenvalue weighted by Crippen LogP contribution is -1.90. The summed E-state index contributed by atoms with van der Waals surface area (Å²) < 4.78 is 5.66. The number of hydrogen-bond donors (Lipinski definition) is 0. The summed E-state index contributed by atoms with van der Waals surface area (Å²) in [6, 6.07) is 12.5. The Labute approximate surface area is 90.7 Å². The van der Waals surface area contributed by atoms with Crippen molar-refractivity contribution in [1.29, 1.82) is 0 Å². The molecule has 0 atom stereocenters. The zero-order valence-electron chi connectivity index (χ0n) is 9.45. The summed E-state index contributed by atoms with van der Waals surface area (Å²) >= 11 is 0. The molecule has 1 aromatic heterocycles. The Morgan fingerprint density at radius 2 is 1.73 bits per heavy atom. The second kappa shape index (κ2) is 3.93. The molecule has 1 heterocycles. The first kappa shape index (κ1) is 10.0. The Morgan fingerprint density at radius 1 is 1.00 bits per heavy atom. The summed E-state index contributed by atoms with van der Waals surface area (Å²) in [6.07, 6.45) is 0. The Kier molecular flexibility index (Phi) is 2.63. The van der Waals surface area contributed by atoms with Crippen molar-refractivity contribution in [2.24, 2.45) is 0 Å². The summed E-state index contributed by atoms with van der Waals surface area (Å²) in [6.45, 7) is 6.38. The van der Waals surface area contributed by atoms with Crippen LogP contribution in [0.3, 0.4) is 0 Å². The molecule has 0 bridgehead atoms. The maximum atomic E-state index is 5.66. The summed E-state index contributed by atoms with van der Waals surface area (Å²) in [5, 5.41) is 0. The quantitative estimate of drug-likeness (QED) is 0.701. The molecule has 2 aromatic rings. The average molecular weight is 200 g/mol. The molecule has 0 unspecified atom stereocenters. The van der Waals surface area contributed by atoms with E-state index in [0.29, 0.717) is 5.92 Å². The third-order valence-electron chi connectivity index (χ3n) is 2.59. The number of rotatable bonds is 2. The van der Waals surface area contributed by atoms with E-state index in [2.05, 4.69) is 38.1 Å². The molecule has 0 aliphatic rings. The second-order valence-corrected chi connectivity index (χ2v) is 4.15. The van der Waals surface area contributed by atoms with Gasteiger partial charge < -0.3 is 4.42 Å².